The molecule has 0 aliphatic rings. The molecule has 0 amide bonds. The molecule has 1 unspecified atom stereocenters. The van der Waals surface area contributed by atoms with E-state index < -0.39 is 11.3 Å². The van der Waals surface area contributed by atoms with Crippen molar-refractivity contribution < 1.29 is 9.50 Å². The summed E-state index contributed by atoms with van der Waals surface area (Å²) in [7, 11) is 0. The van der Waals surface area contributed by atoms with Gasteiger partial charge in [-0.25, -0.2) is 4.39 Å². The average molecular weight is 261 g/mol. The lowest BCUT2D eigenvalue weighted by molar-refractivity contribution is -0.0438. The van der Waals surface area contributed by atoms with Gasteiger partial charge in [-0.2, -0.15) is 0 Å². The molecule has 0 radical (unpaired) electrons. The molecule has 1 aromatic carbocycles. The molecule has 1 atom stereocenters. The lowest BCUT2D eigenvalue weighted by Gasteiger charge is -2.32. The Morgan fingerprint density at radius 3 is 2.00 bits per heavy atom. The molecule has 0 spiro atoms. The van der Waals surface area contributed by atoms with Gasteiger partial charge >= 0.3 is 0 Å². The van der Waals surface area contributed by atoms with Crippen LogP contribution in [0.3, 0.4) is 0 Å². The summed E-state index contributed by atoms with van der Waals surface area (Å²) in [5, 5.41) is 10.7. The Morgan fingerprint density at radius 2 is 1.69 bits per heavy atom. The van der Waals surface area contributed by atoms with Crippen LogP contribution in [0.2, 0.25) is 10.0 Å². The van der Waals surface area contributed by atoms with Gasteiger partial charge in [-0.15, -0.1) is 6.42 Å². The van der Waals surface area contributed by atoms with Crippen molar-refractivity contribution in [1.29, 1.82) is 0 Å². The molecule has 0 saturated carbocycles. The quantitative estimate of drug-likeness (QED) is 0.807. The van der Waals surface area contributed by atoms with Gasteiger partial charge in [-0.1, -0.05) is 29.1 Å². The van der Waals surface area contributed by atoms with E-state index in [1.165, 1.54) is 32.0 Å². The molecule has 0 aliphatic heterocycles. The molecule has 0 saturated heterocycles. The van der Waals surface area contributed by atoms with E-state index >= 15 is 0 Å². The fourth-order valence-corrected chi connectivity index (χ4v) is 1.89. The summed E-state index contributed by atoms with van der Waals surface area (Å²) >= 11 is 11.6. The van der Waals surface area contributed by atoms with E-state index in [0.29, 0.717) is 10.0 Å². The third-order valence-corrected chi connectivity index (χ3v) is 2.79. The highest BCUT2D eigenvalue weighted by molar-refractivity contribution is 6.34. The summed E-state index contributed by atoms with van der Waals surface area (Å²) in [6.07, 6.45) is 5.20. The topological polar surface area (TPSA) is 20.2 Å². The maximum atomic E-state index is 13.9. The van der Waals surface area contributed by atoms with E-state index in [9.17, 15) is 9.50 Å². The van der Waals surface area contributed by atoms with E-state index in [4.69, 9.17) is 29.6 Å². The molecule has 16 heavy (non-hydrogen) atoms. The Hall–Kier alpha value is -0.750. The smallest absolute Gasteiger partial charge is 0.184 e. The van der Waals surface area contributed by atoms with Gasteiger partial charge in [0, 0.05) is 15.6 Å². The van der Waals surface area contributed by atoms with Gasteiger partial charge in [0.05, 0.1) is 0 Å². The second-order valence-corrected chi connectivity index (χ2v) is 4.86. The van der Waals surface area contributed by atoms with Crippen LogP contribution in [0, 0.1) is 12.3 Å². The number of terminal acetylenes is 1. The van der Waals surface area contributed by atoms with Crippen LogP contribution in [0.5, 0.6) is 0 Å². The molecule has 0 aromatic heterocycles. The highest BCUT2D eigenvalue weighted by Crippen LogP contribution is 2.37. The van der Waals surface area contributed by atoms with Crippen molar-refractivity contribution >= 4 is 23.2 Å². The van der Waals surface area contributed by atoms with Crippen LogP contribution in [-0.4, -0.2) is 10.8 Å². The number of aliphatic hydroxyl groups is 1. The first-order valence-electron chi connectivity index (χ1n) is 4.56. The SMILES string of the molecule is C#CC(O)(c1cc(Cl)cc(Cl)c1)C(C)(C)F. The average Bonchev–Trinajstić information content (AvgIpc) is 2.13. The highest BCUT2D eigenvalue weighted by atomic mass is 35.5. The summed E-state index contributed by atoms with van der Waals surface area (Å²) in [6.45, 7) is 2.39. The van der Waals surface area contributed by atoms with Crippen molar-refractivity contribution in [3.8, 4) is 12.3 Å². The normalized spacial score (nSPS) is 15.3. The number of alkyl halides is 1. The number of hydrogen-bond donors (Lipinski definition) is 1. The van der Waals surface area contributed by atoms with Crippen molar-refractivity contribution in [2.24, 2.45) is 0 Å². The van der Waals surface area contributed by atoms with Crippen LogP contribution in [0.25, 0.3) is 0 Å². The molecule has 1 aromatic rings. The van der Waals surface area contributed by atoms with Crippen LogP contribution in [0.1, 0.15) is 19.4 Å². The van der Waals surface area contributed by atoms with Crippen molar-refractivity contribution in [2.45, 2.75) is 25.1 Å². The van der Waals surface area contributed by atoms with Gasteiger partial charge in [-0.3, -0.25) is 0 Å². The van der Waals surface area contributed by atoms with Gasteiger partial charge in [0.1, 0.15) is 5.67 Å². The molecule has 1 N–H and O–H groups in total. The molecule has 0 aliphatic carbocycles. The molecule has 0 heterocycles. The molecule has 0 fully saturated rings. The summed E-state index contributed by atoms with van der Waals surface area (Å²) in [5.74, 6) is 2.05. The Bertz CT molecular complexity index is 425. The first-order chi connectivity index (χ1) is 7.20. The minimum Gasteiger partial charge on any atom is -0.371 e. The van der Waals surface area contributed by atoms with Crippen LogP contribution in [-0.2, 0) is 5.60 Å². The van der Waals surface area contributed by atoms with E-state index in [-0.39, 0.29) is 5.56 Å². The predicted octanol–water partition coefficient (Wildman–Crippen LogP) is 3.56. The fourth-order valence-electron chi connectivity index (χ4n) is 1.36. The van der Waals surface area contributed by atoms with Gasteiger partial charge in [-0.05, 0) is 32.0 Å². The van der Waals surface area contributed by atoms with Gasteiger partial charge in [0.25, 0.3) is 0 Å². The third kappa shape index (κ3) is 2.32. The van der Waals surface area contributed by atoms with Gasteiger partial charge < -0.3 is 5.11 Å². The molecular formula is C12H11Cl2FO. The minimum atomic E-state index is -2.05. The monoisotopic (exact) mass is 260 g/mol. The Labute approximate surface area is 104 Å². The molecule has 0 bridgehead atoms. The minimum absolute atomic E-state index is 0.167. The van der Waals surface area contributed by atoms with Crippen molar-refractivity contribution in [3.63, 3.8) is 0 Å². The van der Waals surface area contributed by atoms with Crippen LogP contribution in [0.4, 0.5) is 4.39 Å². The molecule has 86 valence electrons. The van der Waals surface area contributed by atoms with Crippen molar-refractivity contribution in [2.75, 3.05) is 0 Å². The zero-order chi connectivity index (χ0) is 12.6. The first kappa shape index (κ1) is 13.3. The number of hydrogen-bond acceptors (Lipinski definition) is 1. The summed E-state index contributed by atoms with van der Waals surface area (Å²) in [6, 6.07) is 4.28. The fraction of sp³-hybridized carbons (Fsp3) is 0.333. The zero-order valence-corrected chi connectivity index (χ0v) is 10.4. The maximum Gasteiger partial charge on any atom is 0.184 e. The number of rotatable bonds is 2. The second kappa shape index (κ2) is 4.25. The lowest BCUT2D eigenvalue weighted by Crippen LogP contribution is -2.43. The molecular weight excluding hydrogens is 250 g/mol. The van der Waals surface area contributed by atoms with Crippen LogP contribution < -0.4 is 0 Å². The Morgan fingerprint density at radius 1 is 1.25 bits per heavy atom. The summed E-state index contributed by atoms with van der Waals surface area (Å²) < 4.78 is 13.9. The first-order valence-corrected chi connectivity index (χ1v) is 5.32. The molecule has 4 heteroatoms. The van der Waals surface area contributed by atoms with Gasteiger partial charge in [0.2, 0.25) is 0 Å². The molecule has 1 nitrogen and oxygen atoms in total. The van der Waals surface area contributed by atoms with Crippen molar-refractivity contribution in [3.05, 3.63) is 33.8 Å². The lowest BCUT2D eigenvalue weighted by atomic mass is 9.82. The largest absolute Gasteiger partial charge is 0.371 e. The second-order valence-electron chi connectivity index (χ2n) is 3.99. The van der Waals surface area contributed by atoms with Crippen LogP contribution >= 0.6 is 23.2 Å². The Balaban J connectivity index is 3.41. The van der Waals surface area contributed by atoms with E-state index in [1.807, 2.05) is 0 Å². The molecule has 1 rings (SSSR count). The van der Waals surface area contributed by atoms with Crippen molar-refractivity contribution in [1.82, 2.24) is 0 Å². The van der Waals surface area contributed by atoms with E-state index in [2.05, 4.69) is 5.92 Å². The zero-order valence-electron chi connectivity index (χ0n) is 8.89. The summed E-state index contributed by atoms with van der Waals surface area (Å²) in [4.78, 5) is 0. The Kier molecular flexibility index (Phi) is 3.54. The maximum absolute atomic E-state index is 13.9. The summed E-state index contributed by atoms with van der Waals surface area (Å²) in [5.41, 5.74) is -3.89. The standard InChI is InChI=1S/C12H11Cl2FO/c1-4-12(16,11(2,3)15)8-5-9(13)7-10(14)6-8/h1,5-7,16H,2-3H3. The number of benzene rings is 1. The van der Waals surface area contributed by atoms with E-state index in [0.717, 1.165) is 0 Å². The van der Waals surface area contributed by atoms with E-state index in [1.54, 1.807) is 0 Å². The highest BCUT2D eigenvalue weighted by Gasteiger charge is 2.44. The van der Waals surface area contributed by atoms with Gasteiger partial charge in [0.15, 0.2) is 5.60 Å². The van der Waals surface area contributed by atoms with Crippen LogP contribution in [0.15, 0.2) is 18.2 Å². The third-order valence-electron chi connectivity index (χ3n) is 2.35. The number of halogens is 3. The predicted molar refractivity (Wildman–Crippen MR) is 64.4 cm³/mol.